The quantitative estimate of drug-likeness (QED) is 0.285. The maximum absolute atomic E-state index is 13.1. The molecule has 0 fully saturated rings. The van der Waals surface area contributed by atoms with Crippen molar-refractivity contribution in [3.05, 3.63) is 0 Å². The predicted octanol–water partition coefficient (Wildman–Crippen LogP) is -0.282. The highest BCUT2D eigenvalue weighted by molar-refractivity contribution is 8.00. The summed E-state index contributed by atoms with van der Waals surface area (Å²) in [5.74, 6) is 0.119. The molecule has 0 aromatic heterocycles. The zero-order chi connectivity index (χ0) is 12.8. The van der Waals surface area contributed by atoms with Crippen LogP contribution >= 0.6 is 11.8 Å². The van der Waals surface area contributed by atoms with E-state index in [4.69, 9.17) is 21.7 Å². The molecule has 6 N–H and O–H groups in total. The van der Waals surface area contributed by atoms with E-state index in [9.17, 15) is 8.78 Å². The van der Waals surface area contributed by atoms with Crippen molar-refractivity contribution < 1.29 is 19.0 Å². The van der Waals surface area contributed by atoms with Gasteiger partial charge in [0.2, 0.25) is 0 Å². The van der Waals surface area contributed by atoms with Gasteiger partial charge in [-0.1, -0.05) is 11.8 Å². The minimum Gasteiger partial charge on any atom is -0.388 e. The third kappa shape index (κ3) is 7.80. The van der Waals surface area contributed by atoms with Crippen LogP contribution in [0.4, 0.5) is 8.78 Å². The highest BCUT2D eigenvalue weighted by Gasteiger charge is 2.29. The third-order valence-electron chi connectivity index (χ3n) is 1.66. The lowest BCUT2D eigenvalue weighted by molar-refractivity contribution is -0.0583. The third-order valence-corrected chi connectivity index (χ3v) is 2.65. The van der Waals surface area contributed by atoms with Gasteiger partial charge in [0.15, 0.2) is 6.29 Å². The van der Waals surface area contributed by atoms with Crippen LogP contribution in [0.15, 0.2) is 4.99 Å². The molecule has 0 aliphatic carbocycles. The van der Waals surface area contributed by atoms with Gasteiger partial charge in [-0.05, 0) is 13.3 Å². The molecule has 96 valence electrons. The zero-order valence-corrected chi connectivity index (χ0v) is 9.75. The molecular formula is C8H17F2N3O2S. The standard InChI is InChI=1S/C8H17F2N3O2S/c1-5(11)13-4-8(9,10)16-3-2-6(12)7(14)15/h6-7,14-15H,2-4,12H2,1H3,(H2,11,13). The van der Waals surface area contributed by atoms with E-state index in [1.165, 1.54) is 6.92 Å². The Labute approximate surface area is 96.9 Å². The van der Waals surface area contributed by atoms with Gasteiger partial charge < -0.3 is 21.7 Å². The fourth-order valence-corrected chi connectivity index (χ4v) is 1.60. The second-order valence-electron chi connectivity index (χ2n) is 3.31. The minimum absolute atomic E-state index is 0.0188. The van der Waals surface area contributed by atoms with E-state index >= 15 is 0 Å². The van der Waals surface area contributed by atoms with Crippen LogP contribution in [0.5, 0.6) is 0 Å². The van der Waals surface area contributed by atoms with Crippen LogP contribution in [0.2, 0.25) is 0 Å². The maximum atomic E-state index is 13.1. The highest BCUT2D eigenvalue weighted by Crippen LogP contribution is 2.30. The molecule has 5 nitrogen and oxygen atoms in total. The summed E-state index contributed by atoms with van der Waals surface area (Å²) in [4.78, 5) is 3.42. The summed E-state index contributed by atoms with van der Waals surface area (Å²) in [6.45, 7) is 0.746. The van der Waals surface area contributed by atoms with Crippen LogP contribution in [-0.2, 0) is 0 Å². The lowest BCUT2D eigenvalue weighted by atomic mass is 10.2. The molecule has 1 atom stereocenters. The van der Waals surface area contributed by atoms with Gasteiger partial charge in [0.1, 0.15) is 6.54 Å². The monoisotopic (exact) mass is 257 g/mol. The summed E-state index contributed by atoms with van der Waals surface area (Å²) in [6, 6.07) is -0.914. The number of halogens is 2. The van der Waals surface area contributed by atoms with Gasteiger partial charge in [0.25, 0.3) is 0 Å². The van der Waals surface area contributed by atoms with Gasteiger partial charge in [-0.15, -0.1) is 0 Å². The molecule has 0 saturated heterocycles. The summed E-state index contributed by atoms with van der Waals surface area (Å²) >= 11 is 0.368. The number of nitrogens with two attached hydrogens (primary N) is 2. The van der Waals surface area contributed by atoms with E-state index in [0.29, 0.717) is 11.8 Å². The average Bonchev–Trinajstić information content (AvgIpc) is 2.14. The summed E-state index contributed by atoms with van der Waals surface area (Å²) in [5.41, 5.74) is 10.4. The van der Waals surface area contributed by atoms with E-state index in [1.807, 2.05) is 0 Å². The highest BCUT2D eigenvalue weighted by atomic mass is 32.2. The number of thioether (sulfide) groups is 1. The number of amidine groups is 1. The predicted molar refractivity (Wildman–Crippen MR) is 60.4 cm³/mol. The Morgan fingerprint density at radius 2 is 2.06 bits per heavy atom. The molecule has 0 saturated carbocycles. The van der Waals surface area contributed by atoms with Gasteiger partial charge in [-0.3, -0.25) is 4.99 Å². The van der Waals surface area contributed by atoms with E-state index in [1.54, 1.807) is 0 Å². The van der Waals surface area contributed by atoms with Crippen molar-refractivity contribution in [1.82, 2.24) is 0 Å². The molecule has 16 heavy (non-hydrogen) atoms. The Morgan fingerprint density at radius 3 is 2.50 bits per heavy atom. The number of aliphatic imine (C=N–C) groups is 1. The van der Waals surface area contributed by atoms with Crippen LogP contribution in [-0.4, -0.2) is 45.9 Å². The van der Waals surface area contributed by atoms with Crippen LogP contribution in [0.3, 0.4) is 0 Å². The van der Waals surface area contributed by atoms with Gasteiger partial charge in [-0.25, -0.2) is 0 Å². The molecule has 8 heteroatoms. The summed E-state index contributed by atoms with van der Waals surface area (Å²) in [6.07, 6.45) is -1.60. The van der Waals surface area contributed by atoms with Gasteiger partial charge in [0.05, 0.1) is 11.9 Å². The number of aliphatic hydroxyl groups excluding tert-OH is 1. The fraction of sp³-hybridized carbons (Fsp3) is 0.875. The Bertz CT molecular complexity index is 235. The number of rotatable bonds is 7. The molecular weight excluding hydrogens is 240 g/mol. The smallest absolute Gasteiger partial charge is 0.313 e. The number of hydrogen-bond donors (Lipinski definition) is 4. The van der Waals surface area contributed by atoms with E-state index < -0.39 is 24.1 Å². The molecule has 0 bridgehead atoms. The average molecular weight is 257 g/mol. The topological polar surface area (TPSA) is 105 Å². The number of nitrogens with zero attached hydrogens (tertiary/aromatic N) is 1. The molecule has 0 amide bonds. The van der Waals surface area contributed by atoms with Crippen LogP contribution in [0, 0.1) is 0 Å². The van der Waals surface area contributed by atoms with Crippen molar-refractivity contribution in [2.24, 2.45) is 16.5 Å². The van der Waals surface area contributed by atoms with Crippen molar-refractivity contribution in [1.29, 1.82) is 0 Å². The normalized spacial score (nSPS) is 15.6. The second-order valence-corrected chi connectivity index (χ2v) is 4.60. The van der Waals surface area contributed by atoms with Crippen molar-refractivity contribution in [3.63, 3.8) is 0 Å². The van der Waals surface area contributed by atoms with Crippen molar-refractivity contribution in [2.45, 2.75) is 30.9 Å². The first-order valence-corrected chi connectivity index (χ1v) is 5.63. The Morgan fingerprint density at radius 1 is 1.50 bits per heavy atom. The summed E-state index contributed by atoms with van der Waals surface area (Å²) in [7, 11) is 0. The Hall–Kier alpha value is -0.440. The fourth-order valence-electron chi connectivity index (χ4n) is 0.756. The molecule has 0 aliphatic heterocycles. The van der Waals surface area contributed by atoms with Crippen molar-refractivity contribution >= 4 is 17.6 Å². The summed E-state index contributed by atoms with van der Waals surface area (Å²) < 4.78 is 26.1. The SMILES string of the molecule is CC(N)=NCC(F)(F)SCCC(N)C(O)O. The van der Waals surface area contributed by atoms with Crippen LogP contribution in [0.1, 0.15) is 13.3 Å². The van der Waals surface area contributed by atoms with Gasteiger partial charge in [0, 0.05) is 5.75 Å². The van der Waals surface area contributed by atoms with Gasteiger partial charge in [-0.2, -0.15) is 8.78 Å². The van der Waals surface area contributed by atoms with Gasteiger partial charge >= 0.3 is 5.25 Å². The maximum Gasteiger partial charge on any atom is 0.313 e. The first-order valence-electron chi connectivity index (χ1n) is 4.64. The molecule has 0 rings (SSSR count). The Kier molecular flexibility index (Phi) is 6.81. The van der Waals surface area contributed by atoms with E-state index in [-0.39, 0.29) is 18.0 Å². The number of hydrogen-bond acceptors (Lipinski definition) is 5. The molecule has 0 aromatic carbocycles. The van der Waals surface area contributed by atoms with Crippen molar-refractivity contribution in [2.75, 3.05) is 12.3 Å². The van der Waals surface area contributed by atoms with E-state index in [0.717, 1.165) is 0 Å². The lowest BCUT2D eigenvalue weighted by Gasteiger charge is -2.16. The van der Waals surface area contributed by atoms with E-state index in [2.05, 4.69) is 4.99 Å². The second kappa shape index (κ2) is 7.00. The van der Waals surface area contributed by atoms with Crippen LogP contribution in [0.25, 0.3) is 0 Å². The summed E-state index contributed by atoms with van der Waals surface area (Å²) in [5, 5.41) is 14.2. The number of aliphatic hydroxyl groups is 2. The Balaban J connectivity index is 3.86. The zero-order valence-electron chi connectivity index (χ0n) is 8.94. The first kappa shape index (κ1) is 15.6. The minimum atomic E-state index is -3.01. The van der Waals surface area contributed by atoms with Crippen LogP contribution < -0.4 is 11.5 Å². The molecule has 0 aliphatic rings. The first-order chi connectivity index (χ1) is 7.24. The largest absolute Gasteiger partial charge is 0.388 e. The molecule has 0 radical (unpaired) electrons. The molecule has 1 unspecified atom stereocenters. The number of alkyl halides is 2. The van der Waals surface area contributed by atoms with Crippen molar-refractivity contribution in [3.8, 4) is 0 Å². The lowest BCUT2D eigenvalue weighted by Crippen LogP contribution is -2.35. The molecule has 0 aromatic rings. The molecule has 0 spiro atoms. The molecule has 0 heterocycles.